The third-order valence-electron chi connectivity index (χ3n) is 3.44. The normalized spacial score (nSPS) is 11.4. The number of benzene rings is 2. The summed E-state index contributed by atoms with van der Waals surface area (Å²) in [6, 6.07) is 10.5. The molecule has 0 saturated carbocycles. The van der Waals surface area contributed by atoms with E-state index >= 15 is 0 Å². The van der Waals surface area contributed by atoms with Gasteiger partial charge in [0, 0.05) is 17.8 Å². The predicted molar refractivity (Wildman–Crippen MR) is 92.2 cm³/mol. The van der Waals surface area contributed by atoms with Crippen LogP contribution in [0.2, 0.25) is 0 Å². The molecule has 25 heavy (non-hydrogen) atoms. The highest BCUT2D eigenvalue weighted by Crippen LogP contribution is 2.21. The van der Waals surface area contributed by atoms with Crippen molar-refractivity contribution in [2.45, 2.75) is 20.0 Å². The molecule has 0 aromatic heterocycles. The molecule has 0 fully saturated rings. The second-order valence-corrected chi connectivity index (χ2v) is 5.43. The molecule has 8 nitrogen and oxygen atoms in total. The first kappa shape index (κ1) is 17.9. The molecule has 1 amide bonds. The van der Waals surface area contributed by atoms with E-state index in [1.165, 1.54) is 13.0 Å². The van der Waals surface area contributed by atoms with Gasteiger partial charge in [0.25, 0.3) is 11.6 Å². The molecule has 0 saturated heterocycles. The number of carbonyl (C=O) groups is 2. The summed E-state index contributed by atoms with van der Waals surface area (Å²) in [4.78, 5) is 34.2. The smallest absolute Gasteiger partial charge is 0.341 e. The van der Waals surface area contributed by atoms with Gasteiger partial charge in [0.1, 0.15) is 0 Å². The number of rotatable bonds is 5. The molecule has 0 radical (unpaired) electrons. The highest BCUT2D eigenvalue weighted by Gasteiger charge is 2.21. The van der Waals surface area contributed by atoms with Gasteiger partial charge in [-0.25, -0.2) is 4.79 Å². The van der Waals surface area contributed by atoms with Crippen LogP contribution in [0.3, 0.4) is 0 Å². The number of hydrogen-bond acceptors (Lipinski definition) is 6. The Labute approximate surface area is 143 Å². The molecule has 0 aliphatic rings. The Hall–Kier alpha value is -3.42. The maximum atomic E-state index is 12.1. The average Bonchev–Trinajstić information content (AvgIpc) is 2.56. The number of nitrogens with zero attached hydrogens (tertiary/aromatic N) is 1. The summed E-state index contributed by atoms with van der Waals surface area (Å²) < 4.78 is 5.07. The molecule has 2 rings (SSSR count). The Morgan fingerprint density at radius 3 is 2.40 bits per heavy atom. The Bertz CT molecular complexity index is 818. The monoisotopic (exact) mass is 343 g/mol. The minimum Gasteiger partial charge on any atom is -0.449 e. The van der Waals surface area contributed by atoms with Crippen LogP contribution in [0.5, 0.6) is 0 Å². The molecule has 8 heteroatoms. The van der Waals surface area contributed by atoms with E-state index in [1.807, 2.05) is 19.1 Å². The number of aryl methyl sites for hydroxylation is 1. The van der Waals surface area contributed by atoms with Crippen LogP contribution in [0.25, 0.3) is 0 Å². The zero-order valence-electron chi connectivity index (χ0n) is 13.7. The fourth-order valence-corrected chi connectivity index (χ4v) is 2.01. The van der Waals surface area contributed by atoms with Crippen LogP contribution in [-0.4, -0.2) is 22.9 Å². The lowest BCUT2D eigenvalue weighted by molar-refractivity contribution is -0.384. The van der Waals surface area contributed by atoms with Crippen molar-refractivity contribution in [2.75, 3.05) is 11.1 Å². The van der Waals surface area contributed by atoms with Crippen molar-refractivity contribution in [2.24, 2.45) is 0 Å². The highest BCUT2D eigenvalue weighted by atomic mass is 16.6. The van der Waals surface area contributed by atoms with Crippen molar-refractivity contribution in [1.29, 1.82) is 0 Å². The SMILES string of the molecule is Cc1ccc(NC(=O)[C@H](C)OC(=O)c2ccc([N+](=O)[O-])cc2N)cc1. The number of carbonyl (C=O) groups excluding carboxylic acids is 2. The van der Waals surface area contributed by atoms with E-state index in [4.69, 9.17) is 10.5 Å². The number of amides is 1. The van der Waals surface area contributed by atoms with E-state index in [2.05, 4.69) is 5.32 Å². The second kappa shape index (κ2) is 7.43. The second-order valence-electron chi connectivity index (χ2n) is 5.43. The van der Waals surface area contributed by atoms with Gasteiger partial charge in [0.15, 0.2) is 6.10 Å². The fourth-order valence-electron chi connectivity index (χ4n) is 2.01. The van der Waals surface area contributed by atoms with E-state index in [0.29, 0.717) is 5.69 Å². The van der Waals surface area contributed by atoms with Crippen molar-refractivity contribution < 1.29 is 19.2 Å². The first-order valence-electron chi connectivity index (χ1n) is 7.40. The predicted octanol–water partition coefficient (Wildman–Crippen LogP) is 2.67. The van der Waals surface area contributed by atoms with Gasteiger partial charge in [-0.3, -0.25) is 14.9 Å². The van der Waals surface area contributed by atoms with E-state index < -0.39 is 22.9 Å². The molecule has 2 aromatic rings. The minimum atomic E-state index is -1.07. The molecule has 1 atom stereocenters. The highest BCUT2D eigenvalue weighted by molar-refractivity contribution is 5.99. The number of nitrogens with two attached hydrogens (primary N) is 1. The molecule has 0 bridgehead atoms. The van der Waals surface area contributed by atoms with Gasteiger partial charge in [-0.15, -0.1) is 0 Å². The number of nitro groups is 1. The molecule has 3 N–H and O–H groups in total. The van der Waals surface area contributed by atoms with E-state index in [1.54, 1.807) is 12.1 Å². The van der Waals surface area contributed by atoms with Gasteiger partial charge in [-0.05, 0) is 32.0 Å². The lowest BCUT2D eigenvalue weighted by Gasteiger charge is -2.14. The number of esters is 1. The topological polar surface area (TPSA) is 125 Å². The number of nitrogen functional groups attached to an aromatic ring is 1. The summed E-state index contributed by atoms with van der Waals surface area (Å²) in [6.45, 7) is 3.34. The number of nitro benzene ring substituents is 1. The van der Waals surface area contributed by atoms with Gasteiger partial charge >= 0.3 is 5.97 Å². The average molecular weight is 343 g/mol. The summed E-state index contributed by atoms with van der Waals surface area (Å²) >= 11 is 0. The summed E-state index contributed by atoms with van der Waals surface area (Å²) in [5, 5.41) is 13.3. The van der Waals surface area contributed by atoms with Crippen LogP contribution in [0, 0.1) is 17.0 Å². The largest absolute Gasteiger partial charge is 0.449 e. The molecule has 2 aromatic carbocycles. The third-order valence-corrected chi connectivity index (χ3v) is 3.44. The summed E-state index contributed by atoms with van der Waals surface area (Å²) in [6.07, 6.45) is -1.07. The van der Waals surface area contributed by atoms with E-state index in [-0.39, 0.29) is 16.9 Å². The van der Waals surface area contributed by atoms with Crippen molar-refractivity contribution in [3.8, 4) is 0 Å². The lowest BCUT2D eigenvalue weighted by atomic mass is 10.1. The lowest BCUT2D eigenvalue weighted by Crippen LogP contribution is -2.30. The molecule has 130 valence electrons. The van der Waals surface area contributed by atoms with Crippen molar-refractivity contribution in [3.05, 3.63) is 63.7 Å². The van der Waals surface area contributed by atoms with Crippen LogP contribution >= 0.6 is 0 Å². The Balaban J connectivity index is 2.02. The van der Waals surface area contributed by atoms with Gasteiger partial charge in [-0.1, -0.05) is 17.7 Å². The number of hydrogen-bond donors (Lipinski definition) is 2. The number of nitrogens with one attached hydrogen (secondary N) is 1. The number of non-ortho nitro benzene ring substituents is 1. The third kappa shape index (κ3) is 4.54. The summed E-state index contributed by atoms with van der Waals surface area (Å²) in [7, 11) is 0. The van der Waals surface area contributed by atoms with Gasteiger partial charge < -0.3 is 15.8 Å². The van der Waals surface area contributed by atoms with E-state index in [0.717, 1.165) is 17.7 Å². The molecule has 0 unspecified atom stereocenters. The van der Waals surface area contributed by atoms with Crippen molar-refractivity contribution >= 4 is 28.9 Å². The Morgan fingerprint density at radius 2 is 1.84 bits per heavy atom. The zero-order valence-corrected chi connectivity index (χ0v) is 13.7. The molecule has 0 heterocycles. The molecular formula is C17H17N3O5. The summed E-state index contributed by atoms with van der Waals surface area (Å²) in [5.41, 5.74) is 6.90. The maximum Gasteiger partial charge on any atom is 0.341 e. The Kier molecular flexibility index (Phi) is 5.33. The summed E-state index contributed by atoms with van der Waals surface area (Å²) in [5.74, 6) is -1.34. The molecule has 0 aliphatic heterocycles. The molecule has 0 spiro atoms. The van der Waals surface area contributed by atoms with Crippen LogP contribution < -0.4 is 11.1 Å². The van der Waals surface area contributed by atoms with Crippen LogP contribution in [0.15, 0.2) is 42.5 Å². The van der Waals surface area contributed by atoms with Crippen molar-refractivity contribution in [1.82, 2.24) is 0 Å². The van der Waals surface area contributed by atoms with E-state index in [9.17, 15) is 19.7 Å². The first-order valence-corrected chi connectivity index (χ1v) is 7.40. The Morgan fingerprint density at radius 1 is 1.20 bits per heavy atom. The minimum absolute atomic E-state index is 0.0411. The van der Waals surface area contributed by atoms with Crippen LogP contribution in [0.1, 0.15) is 22.8 Å². The quantitative estimate of drug-likeness (QED) is 0.372. The van der Waals surface area contributed by atoms with Gasteiger partial charge in [0.05, 0.1) is 16.2 Å². The molecule has 0 aliphatic carbocycles. The maximum absolute atomic E-state index is 12.1. The standard InChI is InChI=1S/C17H17N3O5/c1-10-3-5-12(6-4-10)19-16(21)11(2)25-17(22)14-8-7-13(20(23)24)9-15(14)18/h3-9,11H,18H2,1-2H3,(H,19,21)/t11-/m0/s1. The van der Waals surface area contributed by atoms with Crippen molar-refractivity contribution in [3.63, 3.8) is 0 Å². The number of anilines is 2. The molecular weight excluding hydrogens is 326 g/mol. The number of ether oxygens (including phenoxy) is 1. The van der Waals surface area contributed by atoms with Crippen LogP contribution in [0.4, 0.5) is 17.1 Å². The fraction of sp³-hybridized carbons (Fsp3) is 0.176. The van der Waals surface area contributed by atoms with Gasteiger partial charge in [-0.2, -0.15) is 0 Å². The zero-order chi connectivity index (χ0) is 18.6. The first-order chi connectivity index (χ1) is 11.8. The van der Waals surface area contributed by atoms with Crippen LogP contribution in [-0.2, 0) is 9.53 Å². The van der Waals surface area contributed by atoms with Gasteiger partial charge in [0.2, 0.25) is 0 Å².